The van der Waals surface area contributed by atoms with E-state index in [1.165, 1.54) is 17.2 Å². The van der Waals surface area contributed by atoms with Crippen LogP contribution in [0.1, 0.15) is 5.69 Å². The Hall–Kier alpha value is -3.97. The molecule has 34 heavy (non-hydrogen) atoms. The van der Waals surface area contributed by atoms with E-state index in [1.807, 2.05) is 6.07 Å². The lowest BCUT2D eigenvalue weighted by Gasteiger charge is -2.15. The fourth-order valence-corrected chi connectivity index (χ4v) is 5.12. The second-order valence-electron chi connectivity index (χ2n) is 8.71. The Bertz CT molecular complexity index is 1260. The number of benzene rings is 1. The molecule has 1 amide bonds. The van der Waals surface area contributed by atoms with Gasteiger partial charge in [-0.05, 0) is 29.4 Å². The number of hydrogen-bond donors (Lipinski definition) is 1. The molecule has 3 fully saturated rings. The van der Waals surface area contributed by atoms with E-state index in [4.69, 9.17) is 14.0 Å². The summed E-state index contributed by atoms with van der Waals surface area (Å²) in [6.45, 7) is 1.97. The highest BCUT2D eigenvalue weighted by Crippen LogP contribution is 2.60. The molecule has 2 aliphatic heterocycles. The smallest absolute Gasteiger partial charge is 0.414 e. The Morgan fingerprint density at radius 3 is 2.79 bits per heavy atom. The molecule has 3 aliphatic rings. The van der Waals surface area contributed by atoms with Crippen molar-refractivity contribution in [1.29, 1.82) is 5.26 Å². The Kier molecular flexibility index (Phi) is 4.74. The minimum Gasteiger partial charge on any atom is -0.471 e. The van der Waals surface area contributed by atoms with Crippen LogP contribution in [0.15, 0.2) is 53.4 Å². The topological polar surface area (TPSA) is 114 Å². The number of carbonyl (C=O) groups is 1. The molecule has 0 bridgehead atoms. The summed E-state index contributed by atoms with van der Waals surface area (Å²) in [5, 5.41) is 16.7. The van der Waals surface area contributed by atoms with Crippen LogP contribution in [0.2, 0.25) is 0 Å². The van der Waals surface area contributed by atoms with Gasteiger partial charge in [0.2, 0.25) is 0 Å². The summed E-state index contributed by atoms with van der Waals surface area (Å²) in [6, 6.07) is 12.2. The van der Waals surface area contributed by atoms with E-state index in [1.54, 1.807) is 30.5 Å². The molecular formula is C24H20FN5O4. The summed E-state index contributed by atoms with van der Waals surface area (Å²) in [4.78, 5) is 18.2. The van der Waals surface area contributed by atoms with Crippen LogP contribution in [0.25, 0.3) is 11.1 Å². The summed E-state index contributed by atoms with van der Waals surface area (Å²) in [5.74, 6) is 0.394. The first-order chi connectivity index (χ1) is 16.6. The standard InChI is InChI=1S/C24H20FN5O4/c25-20-7-15(30-11-16(34-23(30)31)12-32-22-5-6-33-29-22)2-3-17(20)14-1-4-21(28-8-14)24(13-26)18-9-27-10-19(18)24/h1-8,16,18-19,27H,9-12H2/t16-,18-,19+,24+/m1/s1. The van der Waals surface area contributed by atoms with Crippen LogP contribution in [0.4, 0.5) is 14.9 Å². The van der Waals surface area contributed by atoms with Gasteiger partial charge < -0.3 is 19.3 Å². The van der Waals surface area contributed by atoms with E-state index < -0.39 is 23.4 Å². The van der Waals surface area contributed by atoms with Gasteiger partial charge in [0.15, 0.2) is 6.10 Å². The van der Waals surface area contributed by atoms with Crippen LogP contribution < -0.4 is 15.0 Å². The predicted octanol–water partition coefficient (Wildman–Crippen LogP) is 2.89. The number of nitrogens with zero attached hydrogens (tertiary/aromatic N) is 4. The lowest BCUT2D eigenvalue weighted by molar-refractivity contribution is 0.102. The monoisotopic (exact) mass is 461 g/mol. The van der Waals surface area contributed by atoms with Gasteiger partial charge in [0.25, 0.3) is 5.88 Å². The zero-order chi connectivity index (χ0) is 23.3. The maximum Gasteiger partial charge on any atom is 0.414 e. The Balaban J connectivity index is 1.16. The maximum absolute atomic E-state index is 15.0. The van der Waals surface area contributed by atoms with Crippen LogP contribution in [0.3, 0.4) is 0 Å². The van der Waals surface area contributed by atoms with Gasteiger partial charge in [-0.15, -0.1) is 0 Å². The molecule has 4 heterocycles. The number of rotatable bonds is 6. The average Bonchev–Trinajstić information content (AvgIpc) is 3.38. The van der Waals surface area contributed by atoms with Crippen molar-refractivity contribution in [2.24, 2.45) is 11.8 Å². The zero-order valence-corrected chi connectivity index (χ0v) is 18.0. The van der Waals surface area contributed by atoms with Gasteiger partial charge in [0, 0.05) is 48.3 Å². The number of nitrogens with one attached hydrogen (secondary N) is 1. The van der Waals surface area contributed by atoms with Crippen LogP contribution in [-0.2, 0) is 10.2 Å². The van der Waals surface area contributed by atoms with Crippen LogP contribution in [0, 0.1) is 29.0 Å². The van der Waals surface area contributed by atoms with Crippen molar-refractivity contribution in [1.82, 2.24) is 15.5 Å². The molecule has 1 saturated carbocycles. The molecule has 10 heteroatoms. The van der Waals surface area contributed by atoms with Gasteiger partial charge in [0.1, 0.15) is 24.1 Å². The lowest BCUT2D eigenvalue weighted by Crippen LogP contribution is -2.26. The fraction of sp³-hybridized carbons (Fsp3) is 0.333. The number of pyridine rings is 1. The first-order valence-electron chi connectivity index (χ1n) is 11.0. The third-order valence-electron chi connectivity index (χ3n) is 6.93. The van der Waals surface area contributed by atoms with E-state index >= 15 is 4.39 Å². The second kappa shape index (κ2) is 7.81. The van der Waals surface area contributed by atoms with Gasteiger partial charge in [-0.2, -0.15) is 5.26 Å². The number of cyclic esters (lactones) is 1. The molecule has 2 aromatic heterocycles. The Morgan fingerprint density at radius 1 is 1.26 bits per heavy atom. The van der Waals surface area contributed by atoms with E-state index in [0.717, 1.165) is 18.8 Å². The normalized spacial score (nSPS) is 27.2. The summed E-state index contributed by atoms with van der Waals surface area (Å²) in [7, 11) is 0. The molecule has 0 unspecified atom stereocenters. The van der Waals surface area contributed by atoms with E-state index in [0.29, 0.717) is 22.7 Å². The number of aromatic nitrogens is 2. The second-order valence-corrected chi connectivity index (χ2v) is 8.71. The Morgan fingerprint density at radius 2 is 2.12 bits per heavy atom. The SMILES string of the molecule is N#C[C@]1(c2ccc(-c3ccc(N4C[C@H](COc5ccon5)OC4=O)cc3F)cn2)[C@@H]2CNC[C@@H]21. The van der Waals surface area contributed by atoms with E-state index in [2.05, 4.69) is 21.5 Å². The summed E-state index contributed by atoms with van der Waals surface area (Å²) < 4.78 is 30.5. The quantitative estimate of drug-likeness (QED) is 0.596. The maximum atomic E-state index is 15.0. The number of anilines is 1. The van der Waals surface area contributed by atoms with Gasteiger partial charge in [0.05, 0.1) is 24.0 Å². The third-order valence-corrected chi connectivity index (χ3v) is 6.93. The summed E-state index contributed by atoms with van der Waals surface area (Å²) in [6.07, 6.45) is 1.90. The highest BCUT2D eigenvalue weighted by Gasteiger charge is 2.69. The van der Waals surface area contributed by atoms with Gasteiger partial charge >= 0.3 is 6.09 Å². The number of hydrogen-bond acceptors (Lipinski definition) is 8. The molecule has 172 valence electrons. The van der Waals surface area contributed by atoms with Crippen molar-refractivity contribution in [2.75, 3.05) is 31.1 Å². The predicted molar refractivity (Wildman–Crippen MR) is 116 cm³/mol. The average molecular weight is 461 g/mol. The molecule has 4 atom stereocenters. The Labute approximate surface area is 194 Å². The highest BCUT2D eigenvalue weighted by molar-refractivity contribution is 5.90. The van der Waals surface area contributed by atoms with Crippen molar-refractivity contribution in [3.8, 4) is 23.1 Å². The van der Waals surface area contributed by atoms with Gasteiger partial charge in [-0.3, -0.25) is 9.88 Å². The van der Waals surface area contributed by atoms with Crippen molar-refractivity contribution in [3.05, 3.63) is 60.4 Å². The van der Waals surface area contributed by atoms with Gasteiger partial charge in [-0.25, -0.2) is 9.18 Å². The molecule has 0 radical (unpaired) electrons. The lowest BCUT2D eigenvalue weighted by atomic mass is 9.96. The molecule has 1 aromatic carbocycles. The van der Waals surface area contributed by atoms with Crippen LogP contribution >= 0.6 is 0 Å². The molecule has 9 nitrogen and oxygen atoms in total. The highest BCUT2D eigenvalue weighted by atomic mass is 19.1. The molecule has 1 aliphatic carbocycles. The number of carbonyl (C=O) groups excluding carboxylic acids is 1. The number of nitriles is 1. The first kappa shape index (κ1) is 20.6. The third kappa shape index (κ3) is 3.20. The van der Waals surface area contributed by atoms with E-state index in [-0.39, 0.29) is 25.0 Å². The summed E-state index contributed by atoms with van der Waals surface area (Å²) >= 11 is 0. The number of ether oxygens (including phenoxy) is 2. The molecule has 0 spiro atoms. The number of piperidine rings is 1. The minimum atomic E-state index is -0.571. The zero-order valence-electron chi connectivity index (χ0n) is 18.0. The minimum absolute atomic E-state index is 0.106. The molecule has 1 N–H and O–H groups in total. The number of amides is 1. The number of halogens is 1. The summed E-state index contributed by atoms with van der Waals surface area (Å²) in [5.41, 5.74) is 1.57. The first-order valence-corrected chi connectivity index (χ1v) is 11.0. The van der Waals surface area contributed by atoms with E-state index in [9.17, 15) is 10.1 Å². The van der Waals surface area contributed by atoms with Crippen molar-refractivity contribution >= 4 is 11.8 Å². The molecule has 6 rings (SSSR count). The molecule has 2 saturated heterocycles. The van der Waals surface area contributed by atoms with Crippen molar-refractivity contribution in [3.63, 3.8) is 0 Å². The molecular weight excluding hydrogens is 441 g/mol. The number of fused-ring (bicyclic) bond motifs is 1. The van der Waals surface area contributed by atoms with Crippen LogP contribution in [0.5, 0.6) is 5.88 Å². The van der Waals surface area contributed by atoms with Crippen LogP contribution in [-0.4, -0.2) is 48.6 Å². The largest absolute Gasteiger partial charge is 0.471 e. The molecule has 3 aromatic rings. The van der Waals surface area contributed by atoms with Crippen molar-refractivity contribution < 1.29 is 23.2 Å². The van der Waals surface area contributed by atoms with Crippen molar-refractivity contribution in [2.45, 2.75) is 11.5 Å². The van der Waals surface area contributed by atoms with Gasteiger partial charge in [-0.1, -0.05) is 6.07 Å². The fourth-order valence-electron chi connectivity index (χ4n) is 5.12.